The third-order valence-corrected chi connectivity index (χ3v) is 4.07. The Labute approximate surface area is 96.7 Å². The molecule has 3 nitrogen and oxygen atoms in total. The summed E-state index contributed by atoms with van der Waals surface area (Å²) >= 11 is 6.10. The number of rotatable bonds is 1. The minimum absolute atomic E-state index is 0.655. The summed E-state index contributed by atoms with van der Waals surface area (Å²) in [6.45, 7) is 1.60. The second kappa shape index (κ2) is 4.41. The van der Waals surface area contributed by atoms with Gasteiger partial charge in [0.1, 0.15) is 0 Å². The molecule has 0 amide bonds. The van der Waals surface area contributed by atoms with Gasteiger partial charge in [-0.2, -0.15) is 0 Å². The Morgan fingerprint density at radius 2 is 2.00 bits per heavy atom. The quantitative estimate of drug-likeness (QED) is 0.762. The van der Waals surface area contributed by atoms with E-state index >= 15 is 0 Å². The van der Waals surface area contributed by atoms with Crippen molar-refractivity contribution in [1.82, 2.24) is 0 Å². The van der Waals surface area contributed by atoms with Gasteiger partial charge in [0.05, 0.1) is 10.7 Å². The predicted octanol–water partition coefficient (Wildman–Crippen LogP) is 1.49. The standard InChI is InChI=1S/C10H13ClN2OS/c11-9-7-8(12)1-2-10(9)13-3-5-15(14)6-4-13/h1-2,7H,3-6,12H2. The van der Waals surface area contributed by atoms with Crippen molar-refractivity contribution in [2.75, 3.05) is 35.2 Å². The van der Waals surface area contributed by atoms with Crippen molar-refractivity contribution in [3.8, 4) is 0 Å². The number of nitrogens with zero attached hydrogens (tertiary/aromatic N) is 1. The fourth-order valence-corrected chi connectivity index (χ4v) is 3.02. The molecular formula is C10H13ClN2OS. The van der Waals surface area contributed by atoms with Gasteiger partial charge in [0.25, 0.3) is 0 Å². The first-order chi connectivity index (χ1) is 7.16. The minimum Gasteiger partial charge on any atom is -0.399 e. The summed E-state index contributed by atoms with van der Waals surface area (Å²) in [5.41, 5.74) is 7.29. The van der Waals surface area contributed by atoms with E-state index in [2.05, 4.69) is 4.90 Å². The Bertz CT molecular complexity index is 387. The molecule has 2 rings (SSSR count). The molecule has 1 aromatic carbocycles. The van der Waals surface area contributed by atoms with Crippen LogP contribution in [0.25, 0.3) is 0 Å². The molecule has 82 valence electrons. The van der Waals surface area contributed by atoms with Crippen LogP contribution in [0.4, 0.5) is 11.4 Å². The van der Waals surface area contributed by atoms with E-state index in [0.717, 1.165) is 30.3 Å². The Balaban J connectivity index is 2.19. The average molecular weight is 245 g/mol. The Morgan fingerprint density at radius 3 is 2.60 bits per heavy atom. The molecule has 0 radical (unpaired) electrons. The predicted molar refractivity (Wildman–Crippen MR) is 66.0 cm³/mol. The Hall–Kier alpha value is -0.740. The molecule has 1 fully saturated rings. The number of anilines is 2. The number of nitrogens with two attached hydrogens (primary N) is 1. The smallest absolute Gasteiger partial charge is 0.0660 e. The molecule has 0 aliphatic carbocycles. The molecular weight excluding hydrogens is 232 g/mol. The molecule has 1 aliphatic heterocycles. The normalized spacial score (nSPS) is 18.1. The molecule has 0 aromatic heterocycles. The van der Waals surface area contributed by atoms with E-state index in [1.54, 1.807) is 6.07 Å². The lowest BCUT2D eigenvalue weighted by molar-refractivity contribution is 0.673. The van der Waals surface area contributed by atoms with Crippen LogP contribution in [0.2, 0.25) is 5.02 Å². The molecule has 0 atom stereocenters. The van der Waals surface area contributed by atoms with Crippen LogP contribution in [-0.4, -0.2) is 28.8 Å². The van der Waals surface area contributed by atoms with E-state index in [9.17, 15) is 4.21 Å². The minimum atomic E-state index is -0.655. The third-order valence-electron chi connectivity index (χ3n) is 2.49. The van der Waals surface area contributed by atoms with E-state index in [4.69, 9.17) is 17.3 Å². The monoisotopic (exact) mass is 244 g/mol. The van der Waals surface area contributed by atoms with Crippen molar-refractivity contribution in [3.05, 3.63) is 23.2 Å². The molecule has 2 N–H and O–H groups in total. The van der Waals surface area contributed by atoms with Gasteiger partial charge in [-0.15, -0.1) is 0 Å². The largest absolute Gasteiger partial charge is 0.399 e. The highest BCUT2D eigenvalue weighted by Crippen LogP contribution is 2.28. The maximum absolute atomic E-state index is 11.2. The lowest BCUT2D eigenvalue weighted by Gasteiger charge is -2.29. The maximum atomic E-state index is 11.2. The van der Waals surface area contributed by atoms with E-state index in [-0.39, 0.29) is 0 Å². The molecule has 0 bridgehead atoms. The molecule has 0 spiro atoms. The van der Waals surface area contributed by atoms with Gasteiger partial charge < -0.3 is 10.6 Å². The van der Waals surface area contributed by atoms with Gasteiger partial charge >= 0.3 is 0 Å². The first kappa shape index (κ1) is 10.8. The first-order valence-corrected chi connectivity index (χ1v) is 6.68. The summed E-state index contributed by atoms with van der Waals surface area (Å²) in [7, 11) is -0.655. The van der Waals surface area contributed by atoms with E-state index in [1.807, 2.05) is 12.1 Å². The number of hydrogen-bond acceptors (Lipinski definition) is 3. The van der Waals surface area contributed by atoms with Crippen LogP contribution in [0.15, 0.2) is 18.2 Å². The SMILES string of the molecule is Nc1ccc(N2CCS(=O)CC2)c(Cl)c1. The van der Waals surface area contributed by atoms with E-state index < -0.39 is 10.8 Å². The molecule has 0 unspecified atom stereocenters. The van der Waals surface area contributed by atoms with Crippen LogP contribution in [0, 0.1) is 0 Å². The van der Waals surface area contributed by atoms with Gasteiger partial charge in [-0.1, -0.05) is 11.6 Å². The zero-order chi connectivity index (χ0) is 10.8. The highest BCUT2D eigenvalue weighted by Gasteiger charge is 2.17. The lowest BCUT2D eigenvalue weighted by Crippen LogP contribution is -2.37. The van der Waals surface area contributed by atoms with Crippen LogP contribution < -0.4 is 10.6 Å². The molecule has 1 aromatic rings. The van der Waals surface area contributed by atoms with Crippen molar-refractivity contribution in [2.45, 2.75) is 0 Å². The summed E-state index contributed by atoms with van der Waals surface area (Å²) in [6.07, 6.45) is 0. The van der Waals surface area contributed by atoms with Crippen molar-refractivity contribution in [1.29, 1.82) is 0 Å². The van der Waals surface area contributed by atoms with E-state index in [0.29, 0.717) is 10.7 Å². The van der Waals surface area contributed by atoms with Gasteiger partial charge in [-0.05, 0) is 18.2 Å². The van der Waals surface area contributed by atoms with Crippen LogP contribution in [0.5, 0.6) is 0 Å². The van der Waals surface area contributed by atoms with Crippen molar-refractivity contribution < 1.29 is 4.21 Å². The number of halogens is 1. The first-order valence-electron chi connectivity index (χ1n) is 4.82. The zero-order valence-corrected chi connectivity index (χ0v) is 9.85. The topological polar surface area (TPSA) is 46.3 Å². The average Bonchev–Trinajstić information content (AvgIpc) is 2.20. The van der Waals surface area contributed by atoms with Crippen LogP contribution >= 0.6 is 11.6 Å². The zero-order valence-electron chi connectivity index (χ0n) is 8.28. The van der Waals surface area contributed by atoms with E-state index in [1.165, 1.54) is 0 Å². The van der Waals surface area contributed by atoms with Gasteiger partial charge in [-0.25, -0.2) is 0 Å². The summed E-state index contributed by atoms with van der Waals surface area (Å²) in [5.74, 6) is 1.45. The lowest BCUT2D eigenvalue weighted by atomic mass is 10.2. The highest BCUT2D eigenvalue weighted by atomic mass is 35.5. The second-order valence-electron chi connectivity index (χ2n) is 3.55. The van der Waals surface area contributed by atoms with Crippen molar-refractivity contribution >= 4 is 33.8 Å². The summed E-state index contributed by atoms with van der Waals surface area (Å²) in [4.78, 5) is 2.16. The van der Waals surface area contributed by atoms with Crippen LogP contribution in [0.3, 0.4) is 0 Å². The van der Waals surface area contributed by atoms with Gasteiger partial charge in [0.2, 0.25) is 0 Å². The van der Waals surface area contributed by atoms with Crippen molar-refractivity contribution in [3.63, 3.8) is 0 Å². The molecule has 1 saturated heterocycles. The van der Waals surface area contributed by atoms with Gasteiger partial charge in [0.15, 0.2) is 0 Å². The molecule has 0 saturated carbocycles. The molecule has 1 aliphatic rings. The summed E-state index contributed by atoms with van der Waals surface area (Å²) in [5, 5.41) is 0.669. The summed E-state index contributed by atoms with van der Waals surface area (Å²) in [6, 6.07) is 5.52. The third kappa shape index (κ3) is 2.44. The highest BCUT2D eigenvalue weighted by molar-refractivity contribution is 7.85. The van der Waals surface area contributed by atoms with Crippen molar-refractivity contribution in [2.24, 2.45) is 0 Å². The van der Waals surface area contributed by atoms with Crippen LogP contribution in [0.1, 0.15) is 0 Å². The number of nitrogen functional groups attached to an aromatic ring is 1. The number of hydrogen-bond donors (Lipinski definition) is 1. The van der Waals surface area contributed by atoms with Gasteiger partial charge in [-0.3, -0.25) is 4.21 Å². The Morgan fingerprint density at radius 1 is 1.33 bits per heavy atom. The number of benzene rings is 1. The molecule has 5 heteroatoms. The molecule has 15 heavy (non-hydrogen) atoms. The van der Waals surface area contributed by atoms with Gasteiger partial charge in [0, 0.05) is 41.1 Å². The molecule has 1 heterocycles. The maximum Gasteiger partial charge on any atom is 0.0660 e. The fourth-order valence-electron chi connectivity index (χ4n) is 1.66. The van der Waals surface area contributed by atoms with Crippen LogP contribution in [-0.2, 0) is 10.8 Å². The summed E-state index contributed by atoms with van der Waals surface area (Å²) < 4.78 is 11.2. The fraction of sp³-hybridized carbons (Fsp3) is 0.400. The second-order valence-corrected chi connectivity index (χ2v) is 5.65. The Kier molecular flexibility index (Phi) is 3.17.